The number of aryl methyl sites for hydroxylation is 1. The number of hydrogen-bond acceptors (Lipinski definition) is 5. The molecule has 0 aromatic carbocycles. The highest BCUT2D eigenvalue weighted by Gasteiger charge is 2.00. The molecular weight excluding hydrogens is 208 g/mol. The van der Waals surface area contributed by atoms with E-state index in [4.69, 9.17) is 9.47 Å². The van der Waals surface area contributed by atoms with E-state index < -0.39 is 0 Å². The van der Waals surface area contributed by atoms with Gasteiger partial charge in [0.05, 0.1) is 26.4 Å². The highest BCUT2D eigenvalue weighted by molar-refractivity contribution is 4.84. The van der Waals surface area contributed by atoms with Crippen molar-refractivity contribution in [2.75, 3.05) is 33.5 Å². The summed E-state index contributed by atoms with van der Waals surface area (Å²) in [6.45, 7) is 6.47. The van der Waals surface area contributed by atoms with Crippen LogP contribution in [0.1, 0.15) is 12.7 Å². The summed E-state index contributed by atoms with van der Waals surface area (Å²) in [5.74, 6) is 0.958. The van der Waals surface area contributed by atoms with E-state index in [1.54, 1.807) is 13.4 Å². The molecule has 0 atom stereocenters. The summed E-state index contributed by atoms with van der Waals surface area (Å²) in [6, 6.07) is 0. The molecular formula is C10H20N4O2. The van der Waals surface area contributed by atoms with Crippen molar-refractivity contribution in [2.24, 2.45) is 0 Å². The zero-order valence-corrected chi connectivity index (χ0v) is 9.98. The molecule has 6 nitrogen and oxygen atoms in total. The molecule has 0 aliphatic rings. The molecule has 0 saturated heterocycles. The molecule has 92 valence electrons. The lowest BCUT2D eigenvalue weighted by Gasteiger charge is -2.06. The van der Waals surface area contributed by atoms with Crippen LogP contribution < -0.4 is 5.32 Å². The molecule has 0 bridgehead atoms. The lowest BCUT2D eigenvalue weighted by Crippen LogP contribution is -2.22. The van der Waals surface area contributed by atoms with Crippen LogP contribution in [0.3, 0.4) is 0 Å². The van der Waals surface area contributed by atoms with Crippen molar-refractivity contribution in [3.05, 3.63) is 12.2 Å². The Bertz CT molecular complexity index is 278. The van der Waals surface area contributed by atoms with Gasteiger partial charge in [-0.05, 0) is 6.92 Å². The molecule has 0 saturated carbocycles. The van der Waals surface area contributed by atoms with Crippen molar-refractivity contribution in [2.45, 2.75) is 20.0 Å². The minimum Gasteiger partial charge on any atom is -0.382 e. The van der Waals surface area contributed by atoms with Gasteiger partial charge in [0, 0.05) is 20.2 Å². The van der Waals surface area contributed by atoms with Crippen molar-refractivity contribution in [3.8, 4) is 0 Å². The average molecular weight is 228 g/mol. The second kappa shape index (κ2) is 8.20. The van der Waals surface area contributed by atoms with E-state index in [9.17, 15) is 0 Å². The third-order valence-electron chi connectivity index (χ3n) is 2.17. The molecule has 1 rings (SSSR count). The summed E-state index contributed by atoms with van der Waals surface area (Å²) in [4.78, 5) is 0. The van der Waals surface area contributed by atoms with E-state index in [0.29, 0.717) is 19.8 Å². The van der Waals surface area contributed by atoms with Crippen LogP contribution in [0.5, 0.6) is 0 Å². The summed E-state index contributed by atoms with van der Waals surface area (Å²) in [5, 5.41) is 11.1. The van der Waals surface area contributed by atoms with Crippen LogP contribution >= 0.6 is 0 Å². The average Bonchev–Trinajstić information content (AvgIpc) is 2.75. The number of ether oxygens (including phenoxy) is 2. The van der Waals surface area contributed by atoms with Crippen molar-refractivity contribution >= 4 is 0 Å². The van der Waals surface area contributed by atoms with Crippen molar-refractivity contribution in [1.29, 1.82) is 0 Å². The predicted octanol–water partition coefficient (Wildman–Crippen LogP) is 0.0506. The van der Waals surface area contributed by atoms with Gasteiger partial charge in [-0.3, -0.25) is 0 Å². The SMILES string of the molecule is CCn1cnnc1CNCCOCCOC. The van der Waals surface area contributed by atoms with Gasteiger partial charge in [-0.2, -0.15) is 0 Å². The van der Waals surface area contributed by atoms with Crippen molar-refractivity contribution in [1.82, 2.24) is 20.1 Å². The fourth-order valence-corrected chi connectivity index (χ4v) is 1.27. The van der Waals surface area contributed by atoms with E-state index in [1.165, 1.54) is 0 Å². The van der Waals surface area contributed by atoms with E-state index in [0.717, 1.165) is 25.5 Å². The lowest BCUT2D eigenvalue weighted by atomic mass is 10.5. The standard InChI is InChI=1S/C10H20N4O2/c1-3-14-9-12-13-10(14)8-11-4-5-16-7-6-15-2/h9,11H,3-8H2,1-2H3. The quantitative estimate of drug-likeness (QED) is 0.605. The Morgan fingerprint density at radius 2 is 2.25 bits per heavy atom. The summed E-state index contributed by atoms with van der Waals surface area (Å²) in [7, 11) is 1.67. The largest absolute Gasteiger partial charge is 0.382 e. The Balaban J connectivity index is 2.03. The first-order valence-electron chi connectivity index (χ1n) is 5.52. The molecule has 1 heterocycles. The molecule has 0 aliphatic carbocycles. The van der Waals surface area contributed by atoms with Crippen LogP contribution in [0.2, 0.25) is 0 Å². The molecule has 0 spiro atoms. The van der Waals surface area contributed by atoms with Crippen LogP contribution in [0.4, 0.5) is 0 Å². The first-order chi connectivity index (χ1) is 7.88. The van der Waals surface area contributed by atoms with Crippen molar-refractivity contribution in [3.63, 3.8) is 0 Å². The maximum absolute atomic E-state index is 5.32. The van der Waals surface area contributed by atoms with Crippen LogP contribution in [-0.4, -0.2) is 48.2 Å². The Hall–Kier alpha value is -0.980. The van der Waals surface area contributed by atoms with Crippen LogP contribution in [0.15, 0.2) is 6.33 Å². The zero-order chi connectivity index (χ0) is 11.6. The maximum Gasteiger partial charge on any atom is 0.146 e. The molecule has 0 amide bonds. The van der Waals surface area contributed by atoms with Gasteiger partial charge in [0.15, 0.2) is 0 Å². The number of aromatic nitrogens is 3. The van der Waals surface area contributed by atoms with Gasteiger partial charge in [-0.25, -0.2) is 0 Å². The fraction of sp³-hybridized carbons (Fsp3) is 0.800. The molecule has 1 N–H and O–H groups in total. The minimum atomic E-state index is 0.642. The van der Waals surface area contributed by atoms with Gasteiger partial charge in [-0.1, -0.05) is 0 Å². The van der Waals surface area contributed by atoms with Gasteiger partial charge >= 0.3 is 0 Å². The maximum atomic E-state index is 5.32. The van der Waals surface area contributed by atoms with Gasteiger partial charge in [0.2, 0.25) is 0 Å². The van der Waals surface area contributed by atoms with Gasteiger partial charge in [0.1, 0.15) is 12.2 Å². The van der Waals surface area contributed by atoms with Gasteiger partial charge in [0.25, 0.3) is 0 Å². The molecule has 0 unspecified atom stereocenters. The third kappa shape index (κ3) is 4.69. The Morgan fingerprint density at radius 3 is 3.00 bits per heavy atom. The molecule has 0 fully saturated rings. The molecule has 0 radical (unpaired) electrons. The highest BCUT2D eigenvalue weighted by atomic mass is 16.5. The highest BCUT2D eigenvalue weighted by Crippen LogP contribution is 1.93. The molecule has 6 heteroatoms. The minimum absolute atomic E-state index is 0.642. The molecule has 0 aliphatic heterocycles. The normalized spacial score (nSPS) is 10.9. The van der Waals surface area contributed by atoms with Crippen LogP contribution in [0, 0.1) is 0 Å². The van der Waals surface area contributed by atoms with E-state index in [-0.39, 0.29) is 0 Å². The summed E-state index contributed by atoms with van der Waals surface area (Å²) >= 11 is 0. The monoisotopic (exact) mass is 228 g/mol. The first kappa shape index (κ1) is 13.1. The van der Waals surface area contributed by atoms with Gasteiger partial charge < -0.3 is 19.4 Å². The van der Waals surface area contributed by atoms with E-state index in [1.807, 2.05) is 4.57 Å². The second-order valence-electron chi connectivity index (χ2n) is 3.32. The summed E-state index contributed by atoms with van der Waals surface area (Å²) < 4.78 is 12.2. The first-order valence-corrected chi connectivity index (χ1v) is 5.52. The number of hydrogen-bond donors (Lipinski definition) is 1. The number of nitrogens with zero attached hydrogens (tertiary/aromatic N) is 3. The predicted molar refractivity (Wildman–Crippen MR) is 60.1 cm³/mol. The van der Waals surface area contributed by atoms with Crippen LogP contribution in [-0.2, 0) is 22.6 Å². The number of nitrogens with one attached hydrogen (secondary N) is 1. The molecule has 1 aromatic heterocycles. The molecule has 16 heavy (non-hydrogen) atoms. The second-order valence-corrected chi connectivity index (χ2v) is 3.32. The Kier molecular flexibility index (Phi) is 6.71. The number of methoxy groups -OCH3 is 1. The lowest BCUT2D eigenvalue weighted by molar-refractivity contribution is 0.0718. The Labute approximate surface area is 96.0 Å². The summed E-state index contributed by atoms with van der Waals surface area (Å²) in [6.07, 6.45) is 1.74. The molecule has 1 aromatic rings. The fourth-order valence-electron chi connectivity index (χ4n) is 1.27. The van der Waals surface area contributed by atoms with Crippen molar-refractivity contribution < 1.29 is 9.47 Å². The Morgan fingerprint density at radius 1 is 1.38 bits per heavy atom. The zero-order valence-electron chi connectivity index (χ0n) is 9.98. The van der Waals surface area contributed by atoms with Gasteiger partial charge in [-0.15, -0.1) is 10.2 Å². The number of rotatable bonds is 9. The third-order valence-corrected chi connectivity index (χ3v) is 2.17. The van der Waals surface area contributed by atoms with Crippen LogP contribution in [0.25, 0.3) is 0 Å². The topological polar surface area (TPSA) is 61.2 Å². The van der Waals surface area contributed by atoms with E-state index >= 15 is 0 Å². The summed E-state index contributed by atoms with van der Waals surface area (Å²) in [5.41, 5.74) is 0. The smallest absolute Gasteiger partial charge is 0.146 e. The van der Waals surface area contributed by atoms with E-state index in [2.05, 4.69) is 22.4 Å².